The highest BCUT2D eigenvalue weighted by Crippen LogP contribution is 2.26. The standard InChI is InChI=1S/C18H13Cl3N2O4/c19-14-6-4-13(26-10-11-3-5-15(20)16(21)8-11)9-12(14)2-1-7-23-17(24)22-18(25)27-23/h1-6,8-9H,7,10H2,(H,22,24,25)/b2-1+. The lowest BCUT2D eigenvalue weighted by Gasteiger charge is -2.09. The number of aromatic amines is 1. The minimum absolute atomic E-state index is 0.0856. The van der Waals surface area contributed by atoms with E-state index < -0.39 is 11.4 Å². The first kappa shape index (κ1) is 19.4. The largest absolute Gasteiger partial charge is 0.489 e. The van der Waals surface area contributed by atoms with Crippen LogP contribution in [0.25, 0.3) is 6.08 Å². The molecule has 0 aliphatic carbocycles. The first-order valence-electron chi connectivity index (χ1n) is 7.75. The predicted octanol–water partition coefficient (Wildman–Crippen LogP) is 4.38. The number of aromatic nitrogens is 2. The van der Waals surface area contributed by atoms with Crippen molar-refractivity contribution in [2.45, 2.75) is 13.2 Å². The summed E-state index contributed by atoms with van der Waals surface area (Å²) in [5, 5.41) is 1.46. The highest BCUT2D eigenvalue weighted by Gasteiger charge is 2.04. The van der Waals surface area contributed by atoms with Crippen LogP contribution in [0.5, 0.6) is 5.75 Å². The van der Waals surface area contributed by atoms with E-state index in [1.165, 1.54) is 0 Å². The highest BCUT2D eigenvalue weighted by molar-refractivity contribution is 6.42. The molecule has 140 valence electrons. The summed E-state index contributed by atoms with van der Waals surface area (Å²) in [6.45, 7) is 0.397. The van der Waals surface area contributed by atoms with Crippen LogP contribution in [-0.4, -0.2) is 9.72 Å². The van der Waals surface area contributed by atoms with Crippen LogP contribution in [0.3, 0.4) is 0 Å². The molecule has 9 heteroatoms. The molecular formula is C18H13Cl3N2O4. The number of hydrogen-bond acceptors (Lipinski definition) is 4. The number of H-pyrrole nitrogens is 1. The SMILES string of the molecule is O=c1[nH]c(=O)n(C/C=C/c2cc(OCc3ccc(Cl)c(Cl)c3)ccc2Cl)o1. The molecule has 0 bridgehead atoms. The molecule has 0 unspecified atom stereocenters. The summed E-state index contributed by atoms with van der Waals surface area (Å²) in [5.41, 5.74) is 0.946. The van der Waals surface area contributed by atoms with Crippen molar-refractivity contribution in [3.63, 3.8) is 0 Å². The Hall–Kier alpha value is -2.41. The van der Waals surface area contributed by atoms with Crippen molar-refractivity contribution in [3.05, 3.63) is 89.7 Å². The van der Waals surface area contributed by atoms with Gasteiger partial charge in [-0.2, -0.15) is 0 Å². The Kier molecular flexibility index (Phi) is 6.11. The molecule has 0 fully saturated rings. The average Bonchev–Trinajstić information content (AvgIpc) is 2.95. The van der Waals surface area contributed by atoms with Crippen molar-refractivity contribution < 1.29 is 9.26 Å². The molecule has 0 radical (unpaired) electrons. The topological polar surface area (TPSA) is 77.2 Å². The molecule has 6 nitrogen and oxygen atoms in total. The van der Waals surface area contributed by atoms with E-state index in [0.717, 1.165) is 10.3 Å². The summed E-state index contributed by atoms with van der Waals surface area (Å²) in [4.78, 5) is 24.3. The molecule has 0 aliphatic rings. The van der Waals surface area contributed by atoms with E-state index in [1.807, 2.05) is 11.1 Å². The van der Waals surface area contributed by atoms with Crippen LogP contribution < -0.4 is 16.2 Å². The number of ether oxygens (including phenoxy) is 1. The van der Waals surface area contributed by atoms with E-state index in [-0.39, 0.29) is 6.54 Å². The molecule has 3 aromatic rings. The van der Waals surface area contributed by atoms with Gasteiger partial charge >= 0.3 is 11.4 Å². The van der Waals surface area contributed by atoms with Crippen LogP contribution in [-0.2, 0) is 13.2 Å². The minimum Gasteiger partial charge on any atom is -0.489 e. The van der Waals surface area contributed by atoms with Crippen molar-refractivity contribution in [1.29, 1.82) is 0 Å². The van der Waals surface area contributed by atoms with Gasteiger partial charge in [-0.1, -0.05) is 53.0 Å². The molecule has 0 amide bonds. The van der Waals surface area contributed by atoms with Gasteiger partial charge in [-0.25, -0.2) is 14.6 Å². The zero-order valence-electron chi connectivity index (χ0n) is 13.7. The first-order valence-corrected chi connectivity index (χ1v) is 8.89. The van der Waals surface area contributed by atoms with Gasteiger partial charge in [0, 0.05) is 5.02 Å². The Morgan fingerprint density at radius 2 is 1.81 bits per heavy atom. The van der Waals surface area contributed by atoms with E-state index >= 15 is 0 Å². The Bertz CT molecular complexity index is 1100. The fraction of sp³-hybridized carbons (Fsp3) is 0.111. The van der Waals surface area contributed by atoms with Crippen molar-refractivity contribution in [2.24, 2.45) is 0 Å². The highest BCUT2D eigenvalue weighted by atomic mass is 35.5. The maximum absolute atomic E-state index is 11.4. The van der Waals surface area contributed by atoms with Crippen LogP contribution in [0.4, 0.5) is 0 Å². The summed E-state index contributed by atoms with van der Waals surface area (Å²) in [7, 11) is 0. The van der Waals surface area contributed by atoms with Gasteiger partial charge in [-0.3, -0.25) is 0 Å². The summed E-state index contributed by atoms with van der Waals surface area (Å²) < 4.78 is 11.3. The number of hydrogen-bond donors (Lipinski definition) is 1. The van der Waals surface area contributed by atoms with Crippen molar-refractivity contribution in [3.8, 4) is 5.75 Å². The molecule has 0 spiro atoms. The summed E-state index contributed by atoms with van der Waals surface area (Å²) in [6.07, 6.45) is 3.34. The molecule has 1 N–H and O–H groups in total. The lowest BCUT2D eigenvalue weighted by Crippen LogP contribution is -2.15. The summed E-state index contributed by atoms with van der Waals surface area (Å²) in [5.74, 6) is -0.195. The number of rotatable bonds is 6. The Morgan fingerprint density at radius 1 is 1.04 bits per heavy atom. The summed E-state index contributed by atoms with van der Waals surface area (Å²) >= 11 is 18.1. The molecule has 1 aromatic heterocycles. The van der Waals surface area contributed by atoms with Gasteiger partial charge in [0.25, 0.3) is 0 Å². The smallest absolute Gasteiger partial charge is 0.440 e. The second-order valence-corrected chi connectivity index (χ2v) is 6.71. The Morgan fingerprint density at radius 3 is 2.52 bits per heavy atom. The zero-order valence-corrected chi connectivity index (χ0v) is 16.0. The van der Waals surface area contributed by atoms with E-state index in [1.54, 1.807) is 42.5 Å². The molecule has 0 saturated carbocycles. The fourth-order valence-corrected chi connectivity index (χ4v) is 2.75. The van der Waals surface area contributed by atoms with Gasteiger partial charge in [-0.15, -0.1) is 4.74 Å². The maximum atomic E-state index is 11.4. The predicted molar refractivity (Wildman–Crippen MR) is 105 cm³/mol. The molecule has 0 atom stereocenters. The third kappa shape index (κ3) is 5.07. The lowest BCUT2D eigenvalue weighted by atomic mass is 10.2. The Balaban J connectivity index is 1.69. The molecular weight excluding hydrogens is 415 g/mol. The molecule has 1 heterocycles. The van der Waals surface area contributed by atoms with Crippen LogP contribution >= 0.6 is 34.8 Å². The van der Waals surface area contributed by atoms with E-state index in [2.05, 4.69) is 4.52 Å². The van der Waals surface area contributed by atoms with Gasteiger partial charge in [0.1, 0.15) is 12.4 Å². The number of nitrogens with zero attached hydrogens (tertiary/aromatic N) is 1. The molecule has 3 rings (SSSR count). The summed E-state index contributed by atoms with van der Waals surface area (Å²) in [6, 6.07) is 10.5. The van der Waals surface area contributed by atoms with Gasteiger partial charge in [0.15, 0.2) is 0 Å². The van der Waals surface area contributed by atoms with E-state index in [0.29, 0.717) is 33.0 Å². The normalized spacial score (nSPS) is 11.2. The third-order valence-corrected chi connectivity index (χ3v) is 4.64. The molecule has 0 aliphatic heterocycles. The van der Waals surface area contributed by atoms with Gasteiger partial charge < -0.3 is 9.26 Å². The van der Waals surface area contributed by atoms with E-state index in [9.17, 15) is 9.59 Å². The molecule has 27 heavy (non-hydrogen) atoms. The second-order valence-electron chi connectivity index (χ2n) is 5.49. The van der Waals surface area contributed by atoms with Crippen LogP contribution in [0.1, 0.15) is 11.1 Å². The van der Waals surface area contributed by atoms with Crippen molar-refractivity contribution in [2.75, 3.05) is 0 Å². The van der Waals surface area contributed by atoms with Crippen LogP contribution in [0, 0.1) is 0 Å². The van der Waals surface area contributed by atoms with Crippen molar-refractivity contribution >= 4 is 40.9 Å². The van der Waals surface area contributed by atoms with Crippen LogP contribution in [0.15, 0.2) is 56.6 Å². The monoisotopic (exact) mass is 426 g/mol. The number of halogens is 3. The fourth-order valence-electron chi connectivity index (χ4n) is 2.25. The first-order chi connectivity index (χ1) is 12.9. The average molecular weight is 428 g/mol. The van der Waals surface area contributed by atoms with Crippen LogP contribution in [0.2, 0.25) is 15.1 Å². The quantitative estimate of drug-likeness (QED) is 0.633. The third-order valence-electron chi connectivity index (χ3n) is 3.55. The van der Waals surface area contributed by atoms with Crippen molar-refractivity contribution in [1.82, 2.24) is 9.72 Å². The maximum Gasteiger partial charge on any atom is 0.440 e. The molecule has 0 saturated heterocycles. The number of benzene rings is 2. The zero-order chi connectivity index (χ0) is 19.4. The lowest BCUT2D eigenvalue weighted by molar-refractivity contribution is 0.261. The Labute approximate surface area is 168 Å². The number of allylic oxidation sites excluding steroid dienone is 1. The van der Waals surface area contributed by atoms with E-state index in [4.69, 9.17) is 39.5 Å². The van der Waals surface area contributed by atoms with Gasteiger partial charge in [0.2, 0.25) is 0 Å². The van der Waals surface area contributed by atoms with Gasteiger partial charge in [-0.05, 0) is 41.5 Å². The second kappa shape index (κ2) is 8.52. The number of nitrogens with one attached hydrogen (secondary N) is 1. The minimum atomic E-state index is -0.802. The molecule has 2 aromatic carbocycles. The van der Waals surface area contributed by atoms with Gasteiger partial charge in [0.05, 0.1) is 16.6 Å².